The quantitative estimate of drug-likeness (QED) is 0.730. The minimum Gasteiger partial charge on any atom is -0.316 e. The van der Waals surface area contributed by atoms with Crippen LogP contribution in [0.2, 0.25) is 0 Å². The molecule has 0 fully saturated rings. The van der Waals surface area contributed by atoms with Crippen molar-refractivity contribution in [1.82, 2.24) is 4.98 Å². The van der Waals surface area contributed by atoms with Crippen LogP contribution in [0, 0.1) is 17.1 Å². The summed E-state index contributed by atoms with van der Waals surface area (Å²) in [5, 5.41) is 8.30. The van der Waals surface area contributed by atoms with Crippen LogP contribution in [-0.2, 0) is 0 Å². The molecular weight excluding hydrogens is 214 g/mol. The van der Waals surface area contributed by atoms with Gasteiger partial charge in [-0.1, -0.05) is 0 Å². The van der Waals surface area contributed by atoms with E-state index in [1.807, 2.05) is 0 Å². The van der Waals surface area contributed by atoms with Gasteiger partial charge in [-0.15, -0.1) is 0 Å². The van der Waals surface area contributed by atoms with Crippen LogP contribution in [0.1, 0.15) is 17.3 Å². The monoisotopic (exact) mass is 219 g/mol. The van der Waals surface area contributed by atoms with E-state index in [-0.39, 0.29) is 0 Å². The summed E-state index contributed by atoms with van der Waals surface area (Å²) in [5.41, 5.74) is 3.74. The molecule has 1 aromatic heterocycles. The Kier molecular flexibility index (Phi) is 2.90. The third-order valence-corrected chi connectivity index (χ3v) is 1.68. The van der Waals surface area contributed by atoms with Crippen LogP contribution in [0.15, 0.2) is 12.3 Å². The van der Waals surface area contributed by atoms with Gasteiger partial charge in [0.1, 0.15) is 12.1 Å². The largest absolute Gasteiger partial charge is 0.407 e. The molecule has 1 heterocycles. The first kappa shape index (κ1) is 11.4. The first-order valence-electron chi connectivity index (χ1n) is 3.74. The van der Waals surface area contributed by atoms with E-state index in [0.717, 1.165) is 6.20 Å². The average molecular weight is 219 g/mol. The molecule has 0 amide bonds. The molecule has 80 valence electrons. The van der Waals surface area contributed by atoms with Gasteiger partial charge in [-0.3, -0.25) is 0 Å². The van der Waals surface area contributed by atoms with Crippen molar-refractivity contribution in [3.63, 3.8) is 0 Å². The normalized spacial score (nSPS) is 13.3. The fourth-order valence-electron chi connectivity index (χ4n) is 0.894. The molecule has 0 aliphatic heterocycles. The van der Waals surface area contributed by atoms with Crippen molar-refractivity contribution < 1.29 is 17.6 Å². The highest BCUT2D eigenvalue weighted by molar-refractivity contribution is 5.27. The highest BCUT2D eigenvalue weighted by atomic mass is 19.4. The summed E-state index contributed by atoms with van der Waals surface area (Å²) in [6, 6.07) is -0.348. The molecule has 1 atom stereocenters. The van der Waals surface area contributed by atoms with Crippen molar-refractivity contribution in [3.05, 3.63) is 29.3 Å². The Morgan fingerprint density at radius 2 is 2.07 bits per heavy atom. The van der Waals surface area contributed by atoms with Gasteiger partial charge in [0.2, 0.25) is 0 Å². The lowest BCUT2D eigenvalue weighted by Crippen LogP contribution is -2.28. The molecule has 7 heteroatoms. The Morgan fingerprint density at radius 1 is 1.47 bits per heavy atom. The zero-order valence-corrected chi connectivity index (χ0v) is 7.22. The molecule has 0 bridgehead atoms. The third-order valence-electron chi connectivity index (χ3n) is 1.68. The molecular formula is C8H5F4N3. The van der Waals surface area contributed by atoms with Gasteiger partial charge in [0.15, 0.2) is 11.5 Å². The number of hydrogen-bond acceptors (Lipinski definition) is 3. The molecule has 0 saturated carbocycles. The number of rotatable bonds is 1. The maximum absolute atomic E-state index is 12.9. The van der Waals surface area contributed by atoms with E-state index < -0.39 is 29.3 Å². The summed E-state index contributed by atoms with van der Waals surface area (Å²) in [7, 11) is 0. The molecule has 0 radical (unpaired) electrons. The minimum atomic E-state index is -4.66. The zero-order chi connectivity index (χ0) is 11.6. The molecule has 1 rings (SSSR count). The predicted octanol–water partition coefficient (Wildman–Crippen LogP) is 1.65. The van der Waals surface area contributed by atoms with Gasteiger partial charge in [0.25, 0.3) is 0 Å². The highest BCUT2D eigenvalue weighted by Crippen LogP contribution is 2.30. The van der Waals surface area contributed by atoms with E-state index in [9.17, 15) is 17.6 Å². The molecule has 0 aliphatic rings. The second-order valence-corrected chi connectivity index (χ2v) is 2.73. The van der Waals surface area contributed by atoms with E-state index >= 15 is 0 Å². The summed E-state index contributed by atoms with van der Waals surface area (Å²) in [6.45, 7) is 0. The van der Waals surface area contributed by atoms with Crippen LogP contribution in [0.3, 0.4) is 0 Å². The molecule has 1 aromatic rings. The van der Waals surface area contributed by atoms with Crippen molar-refractivity contribution in [1.29, 1.82) is 5.26 Å². The summed E-state index contributed by atoms with van der Waals surface area (Å²) in [5.74, 6) is -1.12. The van der Waals surface area contributed by atoms with Gasteiger partial charge in [0, 0.05) is 6.20 Å². The predicted molar refractivity (Wildman–Crippen MR) is 41.9 cm³/mol. The van der Waals surface area contributed by atoms with E-state index in [0.29, 0.717) is 6.07 Å². The van der Waals surface area contributed by atoms with Crippen LogP contribution in [0.4, 0.5) is 17.6 Å². The first-order chi connectivity index (χ1) is 6.86. The minimum absolute atomic E-state index is 0.515. The highest BCUT2D eigenvalue weighted by Gasteiger charge is 2.38. The topological polar surface area (TPSA) is 62.7 Å². The fraction of sp³-hybridized carbons (Fsp3) is 0.250. The number of hydrogen-bond donors (Lipinski definition) is 1. The van der Waals surface area contributed by atoms with Gasteiger partial charge in [-0.2, -0.15) is 18.4 Å². The summed E-state index contributed by atoms with van der Waals surface area (Å²) in [4.78, 5) is 3.22. The number of alkyl halides is 3. The van der Waals surface area contributed by atoms with E-state index in [1.54, 1.807) is 0 Å². The number of nitrogens with zero attached hydrogens (tertiary/aromatic N) is 2. The Bertz CT molecular complexity index is 407. The lowest BCUT2D eigenvalue weighted by molar-refractivity contribution is -0.149. The van der Waals surface area contributed by atoms with Crippen LogP contribution >= 0.6 is 0 Å². The number of halogens is 4. The van der Waals surface area contributed by atoms with Crippen molar-refractivity contribution in [2.24, 2.45) is 5.73 Å². The Morgan fingerprint density at radius 3 is 2.47 bits per heavy atom. The SMILES string of the molecule is N#Cc1ncc([C@H](N)C(F)(F)F)cc1F. The van der Waals surface area contributed by atoms with Crippen molar-refractivity contribution >= 4 is 0 Å². The number of nitriles is 1. The second kappa shape index (κ2) is 3.82. The fourth-order valence-corrected chi connectivity index (χ4v) is 0.894. The number of pyridine rings is 1. The van der Waals surface area contributed by atoms with E-state index in [2.05, 4.69) is 4.98 Å². The van der Waals surface area contributed by atoms with E-state index in [4.69, 9.17) is 11.0 Å². The molecule has 0 aliphatic carbocycles. The summed E-state index contributed by atoms with van der Waals surface area (Å²) in [6.07, 6.45) is -3.93. The van der Waals surface area contributed by atoms with Crippen LogP contribution in [-0.4, -0.2) is 11.2 Å². The van der Waals surface area contributed by atoms with Crippen molar-refractivity contribution in [2.75, 3.05) is 0 Å². The van der Waals surface area contributed by atoms with Gasteiger partial charge in [-0.05, 0) is 11.6 Å². The maximum Gasteiger partial charge on any atom is 0.407 e. The molecule has 2 N–H and O–H groups in total. The third kappa shape index (κ3) is 2.41. The standard InChI is InChI=1S/C8H5F4N3/c9-5-1-4(3-15-6(5)2-13)7(14)8(10,11)12/h1,3,7H,14H2/t7-/m0/s1. The number of nitrogens with two attached hydrogens (primary N) is 1. The second-order valence-electron chi connectivity index (χ2n) is 2.73. The Balaban J connectivity index is 3.09. The molecule has 0 spiro atoms. The summed E-state index contributed by atoms with van der Waals surface area (Å²) >= 11 is 0. The van der Waals surface area contributed by atoms with Gasteiger partial charge < -0.3 is 5.73 Å². The smallest absolute Gasteiger partial charge is 0.316 e. The maximum atomic E-state index is 12.9. The molecule has 0 aromatic carbocycles. The zero-order valence-electron chi connectivity index (χ0n) is 7.22. The summed E-state index contributed by atoms with van der Waals surface area (Å²) < 4.78 is 49.2. The van der Waals surface area contributed by atoms with Crippen LogP contribution < -0.4 is 5.73 Å². The molecule has 0 unspecified atom stereocenters. The molecule has 3 nitrogen and oxygen atoms in total. The first-order valence-corrected chi connectivity index (χ1v) is 3.74. The van der Waals surface area contributed by atoms with Crippen LogP contribution in [0.5, 0.6) is 0 Å². The average Bonchev–Trinajstić information content (AvgIpc) is 2.15. The lowest BCUT2D eigenvalue weighted by atomic mass is 10.1. The number of aromatic nitrogens is 1. The van der Waals surface area contributed by atoms with Crippen molar-refractivity contribution in [2.45, 2.75) is 12.2 Å². The van der Waals surface area contributed by atoms with Gasteiger partial charge >= 0.3 is 6.18 Å². The van der Waals surface area contributed by atoms with Gasteiger partial charge in [-0.25, -0.2) is 9.37 Å². The van der Waals surface area contributed by atoms with Crippen LogP contribution in [0.25, 0.3) is 0 Å². The molecule has 15 heavy (non-hydrogen) atoms. The van der Waals surface area contributed by atoms with Gasteiger partial charge in [0.05, 0.1) is 0 Å². The lowest BCUT2D eigenvalue weighted by Gasteiger charge is -2.15. The molecule has 0 saturated heterocycles. The van der Waals surface area contributed by atoms with Crippen molar-refractivity contribution in [3.8, 4) is 6.07 Å². The Hall–Kier alpha value is -1.68. The van der Waals surface area contributed by atoms with E-state index in [1.165, 1.54) is 6.07 Å². The Labute approximate surface area is 82.1 Å².